The monoisotopic (exact) mass is 274 g/mol. The van der Waals surface area contributed by atoms with Crippen LogP contribution < -0.4 is 0 Å². The molecule has 0 amide bonds. The number of carboxylic acids is 1. The van der Waals surface area contributed by atoms with Gasteiger partial charge in [-0.1, -0.05) is 12.1 Å². The molecule has 0 saturated heterocycles. The van der Waals surface area contributed by atoms with E-state index in [1.807, 2.05) is 24.4 Å². The van der Waals surface area contributed by atoms with Gasteiger partial charge in [-0.25, -0.2) is 0 Å². The highest BCUT2D eigenvalue weighted by Gasteiger charge is 2.12. The zero-order valence-electron chi connectivity index (χ0n) is 12.3. The van der Waals surface area contributed by atoms with Crippen molar-refractivity contribution in [2.45, 2.75) is 32.7 Å². The maximum Gasteiger partial charge on any atom is 0.307 e. The minimum atomic E-state index is -0.788. The fourth-order valence-electron chi connectivity index (χ4n) is 2.40. The summed E-state index contributed by atoms with van der Waals surface area (Å²) >= 11 is 0. The van der Waals surface area contributed by atoms with Crippen molar-refractivity contribution >= 4 is 16.9 Å². The second-order valence-electron chi connectivity index (χ2n) is 5.55. The molecule has 0 unspecified atom stereocenters. The number of rotatable bonds is 6. The zero-order valence-corrected chi connectivity index (χ0v) is 12.3. The van der Waals surface area contributed by atoms with E-state index < -0.39 is 5.97 Å². The van der Waals surface area contributed by atoms with Crippen LogP contribution in [-0.2, 0) is 17.6 Å². The first-order valence-electron chi connectivity index (χ1n) is 6.99. The number of hydrogen-bond donors (Lipinski definition) is 2. The summed E-state index contributed by atoms with van der Waals surface area (Å²) in [6.45, 7) is 5.31. The second kappa shape index (κ2) is 6.09. The summed E-state index contributed by atoms with van der Waals surface area (Å²) < 4.78 is 0. The van der Waals surface area contributed by atoms with Crippen molar-refractivity contribution in [3.8, 4) is 0 Å². The van der Waals surface area contributed by atoms with E-state index >= 15 is 0 Å². The molecule has 2 N–H and O–H groups in total. The summed E-state index contributed by atoms with van der Waals surface area (Å²) in [5.41, 5.74) is 3.11. The first-order chi connectivity index (χ1) is 9.49. The Bertz CT molecular complexity index is 602. The van der Waals surface area contributed by atoms with Gasteiger partial charge in [0.25, 0.3) is 0 Å². The van der Waals surface area contributed by atoms with E-state index in [1.165, 1.54) is 5.56 Å². The minimum absolute atomic E-state index is 0.0716. The number of carboxylic acid groups (broad SMARTS) is 1. The Hall–Kier alpha value is -1.81. The van der Waals surface area contributed by atoms with Crippen molar-refractivity contribution in [1.29, 1.82) is 0 Å². The number of benzene rings is 1. The Morgan fingerprint density at radius 1 is 1.35 bits per heavy atom. The molecule has 0 spiro atoms. The Labute approximate surface area is 119 Å². The molecule has 0 fully saturated rings. The fourth-order valence-corrected chi connectivity index (χ4v) is 2.40. The molecule has 0 aliphatic rings. The Morgan fingerprint density at radius 2 is 2.10 bits per heavy atom. The first kappa shape index (κ1) is 14.6. The van der Waals surface area contributed by atoms with Crippen LogP contribution in [-0.4, -0.2) is 40.6 Å². The van der Waals surface area contributed by atoms with Crippen molar-refractivity contribution in [1.82, 2.24) is 9.88 Å². The number of nitrogens with zero attached hydrogens (tertiary/aromatic N) is 1. The zero-order chi connectivity index (χ0) is 14.7. The molecule has 0 atom stereocenters. The maximum absolute atomic E-state index is 11.0. The molecule has 1 aromatic carbocycles. The molecular formula is C16H22N2O2. The van der Waals surface area contributed by atoms with E-state index in [0.717, 1.165) is 29.4 Å². The molecule has 1 aromatic heterocycles. The van der Waals surface area contributed by atoms with E-state index in [2.05, 4.69) is 30.8 Å². The highest BCUT2D eigenvalue weighted by Crippen LogP contribution is 2.24. The van der Waals surface area contributed by atoms with Gasteiger partial charge in [-0.05, 0) is 44.5 Å². The van der Waals surface area contributed by atoms with Crippen LogP contribution in [0, 0.1) is 0 Å². The molecule has 1 heterocycles. The molecule has 4 nitrogen and oxygen atoms in total. The van der Waals surface area contributed by atoms with Gasteiger partial charge in [0.1, 0.15) is 0 Å². The number of aromatic nitrogens is 1. The third-order valence-electron chi connectivity index (χ3n) is 3.83. The van der Waals surface area contributed by atoms with Gasteiger partial charge in [-0.15, -0.1) is 0 Å². The number of aromatic amines is 1. The van der Waals surface area contributed by atoms with Gasteiger partial charge in [0.05, 0.1) is 6.42 Å². The highest BCUT2D eigenvalue weighted by molar-refractivity contribution is 5.89. The largest absolute Gasteiger partial charge is 0.481 e. The van der Waals surface area contributed by atoms with Gasteiger partial charge in [-0.2, -0.15) is 0 Å². The molecule has 0 saturated carbocycles. The highest BCUT2D eigenvalue weighted by atomic mass is 16.4. The molecule has 108 valence electrons. The molecule has 0 aliphatic heterocycles. The standard InChI is InChI=1S/C16H22N2O2/c1-11(2)18(3)8-7-13-10-17-14-6-4-5-12(16(13)14)9-15(19)20/h4-6,10-11,17H,7-9H2,1-3H3,(H,19,20). The number of carbonyl (C=O) groups is 1. The third-order valence-corrected chi connectivity index (χ3v) is 3.83. The van der Waals surface area contributed by atoms with Crippen LogP contribution in [0.2, 0.25) is 0 Å². The van der Waals surface area contributed by atoms with Crippen LogP contribution in [0.1, 0.15) is 25.0 Å². The molecule has 0 bridgehead atoms. The number of likely N-dealkylation sites (N-methyl/N-ethyl adjacent to an activating group) is 1. The lowest BCUT2D eigenvalue weighted by Crippen LogP contribution is -2.28. The minimum Gasteiger partial charge on any atom is -0.481 e. The lowest BCUT2D eigenvalue weighted by molar-refractivity contribution is -0.136. The topological polar surface area (TPSA) is 56.3 Å². The fraction of sp³-hybridized carbons (Fsp3) is 0.438. The molecule has 0 radical (unpaired) electrons. The van der Waals surface area contributed by atoms with E-state index in [0.29, 0.717) is 6.04 Å². The quantitative estimate of drug-likeness (QED) is 0.851. The number of hydrogen-bond acceptors (Lipinski definition) is 2. The number of nitrogens with one attached hydrogen (secondary N) is 1. The van der Waals surface area contributed by atoms with Gasteiger partial charge >= 0.3 is 5.97 Å². The first-order valence-corrected chi connectivity index (χ1v) is 6.99. The van der Waals surface area contributed by atoms with Crippen LogP contribution in [0.5, 0.6) is 0 Å². The van der Waals surface area contributed by atoms with Crippen molar-refractivity contribution in [3.05, 3.63) is 35.5 Å². The van der Waals surface area contributed by atoms with Crippen molar-refractivity contribution < 1.29 is 9.90 Å². The van der Waals surface area contributed by atoms with Gasteiger partial charge in [0.15, 0.2) is 0 Å². The average molecular weight is 274 g/mol. The van der Waals surface area contributed by atoms with Crippen LogP contribution in [0.15, 0.2) is 24.4 Å². The lowest BCUT2D eigenvalue weighted by atomic mass is 10.0. The predicted octanol–water partition coefficient (Wildman–Crippen LogP) is 2.68. The van der Waals surface area contributed by atoms with E-state index in [4.69, 9.17) is 5.11 Å². The average Bonchev–Trinajstić information content (AvgIpc) is 2.79. The number of aliphatic carboxylic acids is 1. The smallest absolute Gasteiger partial charge is 0.307 e. The summed E-state index contributed by atoms with van der Waals surface area (Å²) in [4.78, 5) is 16.5. The Kier molecular flexibility index (Phi) is 4.45. The van der Waals surface area contributed by atoms with Gasteiger partial charge in [-0.3, -0.25) is 4.79 Å². The predicted molar refractivity (Wildman–Crippen MR) is 81.1 cm³/mol. The van der Waals surface area contributed by atoms with E-state index in [1.54, 1.807) is 0 Å². The summed E-state index contributed by atoms with van der Waals surface area (Å²) in [5, 5.41) is 10.1. The molecule has 4 heteroatoms. The van der Waals surface area contributed by atoms with Crippen LogP contribution in [0.3, 0.4) is 0 Å². The van der Waals surface area contributed by atoms with Crippen molar-refractivity contribution in [3.63, 3.8) is 0 Å². The van der Waals surface area contributed by atoms with E-state index in [9.17, 15) is 4.79 Å². The van der Waals surface area contributed by atoms with E-state index in [-0.39, 0.29) is 6.42 Å². The summed E-state index contributed by atoms with van der Waals surface area (Å²) in [6.07, 6.45) is 3.00. The van der Waals surface area contributed by atoms with Crippen LogP contribution in [0.25, 0.3) is 10.9 Å². The molecule has 20 heavy (non-hydrogen) atoms. The number of fused-ring (bicyclic) bond motifs is 1. The van der Waals surface area contributed by atoms with Crippen LogP contribution >= 0.6 is 0 Å². The number of H-pyrrole nitrogens is 1. The molecule has 2 aromatic rings. The lowest BCUT2D eigenvalue weighted by Gasteiger charge is -2.20. The maximum atomic E-state index is 11.0. The molecular weight excluding hydrogens is 252 g/mol. The summed E-state index contributed by atoms with van der Waals surface area (Å²) in [6, 6.07) is 6.32. The van der Waals surface area contributed by atoms with Gasteiger partial charge in [0.2, 0.25) is 0 Å². The van der Waals surface area contributed by atoms with Gasteiger partial charge < -0.3 is 15.0 Å². The Morgan fingerprint density at radius 3 is 2.75 bits per heavy atom. The normalized spacial score (nSPS) is 11.7. The van der Waals surface area contributed by atoms with Crippen LogP contribution in [0.4, 0.5) is 0 Å². The third kappa shape index (κ3) is 3.20. The SMILES string of the molecule is CC(C)N(C)CCc1c[nH]c2cccc(CC(=O)O)c12. The second-order valence-corrected chi connectivity index (χ2v) is 5.55. The van der Waals surface area contributed by atoms with Gasteiger partial charge in [0, 0.05) is 29.7 Å². The Balaban J connectivity index is 2.27. The molecule has 0 aliphatic carbocycles. The van der Waals surface area contributed by atoms with Crippen molar-refractivity contribution in [2.75, 3.05) is 13.6 Å². The molecule has 2 rings (SSSR count). The summed E-state index contributed by atoms with van der Waals surface area (Å²) in [5.74, 6) is -0.788. The van der Waals surface area contributed by atoms with Crippen molar-refractivity contribution in [2.24, 2.45) is 0 Å². The summed E-state index contributed by atoms with van der Waals surface area (Å²) in [7, 11) is 2.11.